The first-order chi connectivity index (χ1) is 9.15. The first kappa shape index (κ1) is 11.8. The van der Waals surface area contributed by atoms with Gasteiger partial charge in [0.25, 0.3) is 0 Å². The number of fused-ring (bicyclic) bond motifs is 1. The standard InChI is InChI=1S/C16H17N3/c1-11-7-8-14-15(9-11)19(16(17)18-14)10-13-6-4-3-5-12(13)2/h3-9H,10H2,1-2H3,(H2,17,18). The Morgan fingerprint density at radius 3 is 2.68 bits per heavy atom. The van der Waals surface area contributed by atoms with Gasteiger partial charge in [0, 0.05) is 0 Å². The van der Waals surface area contributed by atoms with E-state index in [1.54, 1.807) is 0 Å². The zero-order valence-electron chi connectivity index (χ0n) is 11.2. The van der Waals surface area contributed by atoms with Crippen LogP contribution in [0, 0.1) is 13.8 Å². The molecule has 3 aromatic rings. The number of aromatic nitrogens is 2. The second-order valence-electron chi connectivity index (χ2n) is 4.97. The van der Waals surface area contributed by atoms with Gasteiger partial charge >= 0.3 is 0 Å². The maximum Gasteiger partial charge on any atom is 0.201 e. The molecule has 0 radical (unpaired) electrons. The van der Waals surface area contributed by atoms with Crippen LogP contribution in [-0.4, -0.2) is 9.55 Å². The second-order valence-corrected chi connectivity index (χ2v) is 4.97. The third kappa shape index (κ3) is 2.08. The fraction of sp³-hybridized carbons (Fsp3) is 0.188. The maximum absolute atomic E-state index is 6.05. The zero-order chi connectivity index (χ0) is 13.4. The Hall–Kier alpha value is -2.29. The highest BCUT2D eigenvalue weighted by molar-refractivity contribution is 5.79. The first-order valence-corrected chi connectivity index (χ1v) is 6.42. The summed E-state index contributed by atoms with van der Waals surface area (Å²) >= 11 is 0. The lowest BCUT2D eigenvalue weighted by Crippen LogP contribution is -2.05. The molecule has 2 aromatic carbocycles. The van der Waals surface area contributed by atoms with E-state index in [0.29, 0.717) is 5.95 Å². The van der Waals surface area contributed by atoms with Crippen LogP contribution in [0.5, 0.6) is 0 Å². The zero-order valence-corrected chi connectivity index (χ0v) is 11.2. The molecule has 0 saturated heterocycles. The van der Waals surface area contributed by atoms with E-state index in [9.17, 15) is 0 Å². The monoisotopic (exact) mass is 251 g/mol. The summed E-state index contributed by atoms with van der Waals surface area (Å²) < 4.78 is 2.07. The SMILES string of the molecule is Cc1ccc2nc(N)n(Cc3ccccc3C)c2c1. The molecule has 0 spiro atoms. The maximum atomic E-state index is 6.05. The van der Waals surface area contributed by atoms with Crippen molar-refractivity contribution in [2.45, 2.75) is 20.4 Å². The van der Waals surface area contributed by atoms with Crippen LogP contribution in [-0.2, 0) is 6.54 Å². The molecule has 0 atom stereocenters. The number of rotatable bonds is 2. The van der Waals surface area contributed by atoms with Crippen molar-refractivity contribution in [3.63, 3.8) is 0 Å². The van der Waals surface area contributed by atoms with Crippen LogP contribution in [0.1, 0.15) is 16.7 Å². The lowest BCUT2D eigenvalue weighted by Gasteiger charge is -2.09. The molecule has 1 aromatic heterocycles. The number of benzene rings is 2. The summed E-state index contributed by atoms with van der Waals surface area (Å²) in [6, 6.07) is 14.6. The van der Waals surface area contributed by atoms with E-state index in [0.717, 1.165) is 17.6 Å². The molecular formula is C16H17N3. The molecule has 0 aliphatic carbocycles. The molecule has 2 N–H and O–H groups in total. The Balaban J connectivity index is 2.12. The minimum atomic E-state index is 0.573. The lowest BCUT2D eigenvalue weighted by atomic mass is 10.1. The van der Waals surface area contributed by atoms with Gasteiger partial charge in [-0.2, -0.15) is 0 Å². The van der Waals surface area contributed by atoms with Crippen molar-refractivity contribution < 1.29 is 0 Å². The van der Waals surface area contributed by atoms with E-state index >= 15 is 0 Å². The molecule has 0 amide bonds. The number of imidazole rings is 1. The van der Waals surface area contributed by atoms with Crippen molar-refractivity contribution in [3.05, 3.63) is 59.2 Å². The quantitative estimate of drug-likeness (QED) is 0.759. The van der Waals surface area contributed by atoms with Crippen LogP contribution in [0.2, 0.25) is 0 Å². The van der Waals surface area contributed by atoms with E-state index in [1.807, 2.05) is 6.07 Å². The summed E-state index contributed by atoms with van der Waals surface area (Å²) in [5.41, 5.74) is 11.9. The third-order valence-corrected chi connectivity index (χ3v) is 3.52. The van der Waals surface area contributed by atoms with Gasteiger partial charge in [-0.25, -0.2) is 4.98 Å². The molecule has 3 rings (SSSR count). The van der Waals surface area contributed by atoms with Crippen LogP contribution >= 0.6 is 0 Å². The topological polar surface area (TPSA) is 43.8 Å². The average molecular weight is 251 g/mol. The van der Waals surface area contributed by atoms with Gasteiger partial charge in [-0.15, -0.1) is 0 Å². The number of nitrogen functional groups attached to an aromatic ring is 1. The molecule has 0 aliphatic heterocycles. The predicted molar refractivity (Wildman–Crippen MR) is 79.2 cm³/mol. The van der Waals surface area contributed by atoms with E-state index in [2.05, 4.69) is 59.8 Å². The number of hydrogen-bond donors (Lipinski definition) is 1. The molecule has 0 aliphatic rings. The second kappa shape index (κ2) is 4.43. The minimum absolute atomic E-state index is 0.573. The summed E-state index contributed by atoms with van der Waals surface area (Å²) in [5.74, 6) is 0.573. The minimum Gasteiger partial charge on any atom is -0.369 e. The molecule has 3 heteroatoms. The fourth-order valence-electron chi connectivity index (χ4n) is 2.38. The van der Waals surface area contributed by atoms with Crippen LogP contribution in [0.4, 0.5) is 5.95 Å². The van der Waals surface area contributed by atoms with Gasteiger partial charge in [0.2, 0.25) is 5.95 Å². The highest BCUT2D eigenvalue weighted by Crippen LogP contribution is 2.21. The molecule has 1 heterocycles. The average Bonchev–Trinajstić information content (AvgIpc) is 2.69. The van der Waals surface area contributed by atoms with E-state index < -0.39 is 0 Å². The Bertz CT molecular complexity index is 741. The Morgan fingerprint density at radius 2 is 1.89 bits per heavy atom. The normalized spacial score (nSPS) is 11.1. The summed E-state index contributed by atoms with van der Waals surface area (Å²) in [6.07, 6.45) is 0. The molecule has 0 unspecified atom stereocenters. The molecule has 3 nitrogen and oxygen atoms in total. The van der Waals surface area contributed by atoms with Gasteiger partial charge in [-0.1, -0.05) is 30.3 Å². The summed E-state index contributed by atoms with van der Waals surface area (Å²) in [7, 11) is 0. The van der Waals surface area contributed by atoms with Gasteiger partial charge in [0.15, 0.2) is 0 Å². The van der Waals surface area contributed by atoms with E-state index in [-0.39, 0.29) is 0 Å². The van der Waals surface area contributed by atoms with Crippen molar-refractivity contribution in [1.82, 2.24) is 9.55 Å². The number of nitrogens with two attached hydrogens (primary N) is 1. The summed E-state index contributed by atoms with van der Waals surface area (Å²) in [6.45, 7) is 4.97. The van der Waals surface area contributed by atoms with Crippen molar-refractivity contribution in [2.75, 3.05) is 5.73 Å². The highest BCUT2D eigenvalue weighted by atomic mass is 15.1. The van der Waals surface area contributed by atoms with Gasteiger partial charge in [0.1, 0.15) is 0 Å². The van der Waals surface area contributed by atoms with Crippen LogP contribution < -0.4 is 5.73 Å². The van der Waals surface area contributed by atoms with Gasteiger partial charge < -0.3 is 10.3 Å². The first-order valence-electron chi connectivity index (χ1n) is 6.42. The van der Waals surface area contributed by atoms with Crippen LogP contribution in [0.25, 0.3) is 11.0 Å². The number of aryl methyl sites for hydroxylation is 2. The van der Waals surface area contributed by atoms with E-state index in [4.69, 9.17) is 5.73 Å². The largest absolute Gasteiger partial charge is 0.369 e. The summed E-state index contributed by atoms with van der Waals surface area (Å²) in [4.78, 5) is 4.42. The molecule has 0 bridgehead atoms. The predicted octanol–water partition coefficient (Wildman–Crippen LogP) is 3.28. The number of hydrogen-bond acceptors (Lipinski definition) is 2. The van der Waals surface area contributed by atoms with Crippen molar-refractivity contribution in [2.24, 2.45) is 0 Å². The van der Waals surface area contributed by atoms with Crippen LogP contribution in [0.15, 0.2) is 42.5 Å². The summed E-state index contributed by atoms with van der Waals surface area (Å²) in [5, 5.41) is 0. The van der Waals surface area contributed by atoms with Crippen molar-refractivity contribution in [3.8, 4) is 0 Å². The number of nitrogens with zero attached hydrogens (tertiary/aromatic N) is 2. The lowest BCUT2D eigenvalue weighted by molar-refractivity contribution is 0.832. The van der Waals surface area contributed by atoms with Crippen molar-refractivity contribution in [1.29, 1.82) is 0 Å². The highest BCUT2D eigenvalue weighted by Gasteiger charge is 2.09. The van der Waals surface area contributed by atoms with Gasteiger partial charge in [-0.05, 0) is 42.7 Å². The van der Waals surface area contributed by atoms with Crippen molar-refractivity contribution >= 4 is 17.0 Å². The molecule has 96 valence electrons. The molecule has 19 heavy (non-hydrogen) atoms. The Morgan fingerprint density at radius 1 is 1.11 bits per heavy atom. The third-order valence-electron chi connectivity index (χ3n) is 3.52. The Kier molecular flexibility index (Phi) is 2.75. The fourth-order valence-corrected chi connectivity index (χ4v) is 2.38. The Labute approximate surface area is 112 Å². The molecular weight excluding hydrogens is 234 g/mol. The van der Waals surface area contributed by atoms with Crippen LogP contribution in [0.3, 0.4) is 0 Å². The van der Waals surface area contributed by atoms with E-state index in [1.165, 1.54) is 16.7 Å². The molecule has 0 fully saturated rings. The molecule has 0 saturated carbocycles. The number of anilines is 1. The van der Waals surface area contributed by atoms with Gasteiger partial charge in [-0.3, -0.25) is 0 Å². The van der Waals surface area contributed by atoms with Gasteiger partial charge in [0.05, 0.1) is 17.6 Å². The smallest absolute Gasteiger partial charge is 0.201 e.